The summed E-state index contributed by atoms with van der Waals surface area (Å²) in [5.74, 6) is 0. The Morgan fingerprint density at radius 1 is 0.264 bits per heavy atom. The molecule has 0 amide bonds. The highest BCUT2D eigenvalue weighted by Gasteiger charge is 2.26. The van der Waals surface area contributed by atoms with E-state index in [9.17, 15) is 0 Å². The summed E-state index contributed by atoms with van der Waals surface area (Å²) in [7, 11) is 0. The fourth-order valence-corrected chi connectivity index (χ4v) is 8.94. The van der Waals surface area contributed by atoms with Crippen molar-refractivity contribution in [1.29, 1.82) is 0 Å². The first-order valence-electron chi connectivity index (χ1n) is 25.2. The molecule has 0 aromatic heterocycles. The number of quaternary nitrogens is 1. The van der Waals surface area contributed by atoms with Gasteiger partial charge in [0.15, 0.2) is 0 Å². The number of benzene rings is 1. The molecule has 0 heterocycles. The molecule has 0 unspecified atom stereocenters. The summed E-state index contributed by atoms with van der Waals surface area (Å²) in [6.07, 6.45) is 56.7. The Labute approximate surface area is 336 Å². The quantitative estimate of drug-likeness (QED) is 0.0462. The Morgan fingerprint density at radius 2 is 0.472 bits per heavy atom. The molecule has 0 aliphatic rings. The second-order valence-electron chi connectivity index (χ2n) is 17.9. The van der Waals surface area contributed by atoms with E-state index in [2.05, 4.69) is 51.1 Å². The zero-order chi connectivity index (χ0) is 38.0. The molecule has 0 atom stereocenters. The molecule has 1 nitrogen and oxygen atoms in total. The standard InChI is InChI=1S/C52H100N/c1-4-7-10-13-16-19-22-25-28-31-34-37-43-48-53(51-52-46-41-40-42-47-52,49-44-38-35-32-29-26-23-20-17-14-11-8-5-2)50-45-39-36-33-30-27-24-21-18-15-12-9-6-3/h40-42,46-47H,4-39,43-45,48-51H2,1-3H3/q+1. The average molecular weight is 739 g/mol. The van der Waals surface area contributed by atoms with Gasteiger partial charge in [0.2, 0.25) is 0 Å². The van der Waals surface area contributed by atoms with Gasteiger partial charge in [-0.3, -0.25) is 0 Å². The van der Waals surface area contributed by atoms with Crippen LogP contribution in [-0.4, -0.2) is 24.1 Å². The van der Waals surface area contributed by atoms with E-state index in [0.717, 1.165) is 0 Å². The van der Waals surface area contributed by atoms with Gasteiger partial charge < -0.3 is 4.48 Å². The van der Waals surface area contributed by atoms with Gasteiger partial charge in [-0.25, -0.2) is 0 Å². The lowest BCUT2D eigenvalue weighted by Crippen LogP contribution is -2.49. The molecule has 53 heavy (non-hydrogen) atoms. The number of hydrogen-bond acceptors (Lipinski definition) is 0. The molecular formula is C52H100N+. The van der Waals surface area contributed by atoms with E-state index in [-0.39, 0.29) is 0 Å². The fraction of sp³-hybridized carbons (Fsp3) is 0.885. The van der Waals surface area contributed by atoms with Gasteiger partial charge in [-0.15, -0.1) is 0 Å². The SMILES string of the molecule is CCCCCCCCCCCCCCC[N+](CCCCCCCCCCCCCCC)(CCCCCCCCCCCCCCC)Cc1ccccc1. The normalized spacial score (nSPS) is 11.9. The van der Waals surface area contributed by atoms with Gasteiger partial charge in [-0.05, 0) is 38.5 Å². The molecule has 1 aromatic rings. The van der Waals surface area contributed by atoms with Gasteiger partial charge in [-0.2, -0.15) is 0 Å². The van der Waals surface area contributed by atoms with Crippen molar-refractivity contribution < 1.29 is 4.48 Å². The minimum atomic E-state index is 1.26. The summed E-state index contributed by atoms with van der Waals surface area (Å²) in [6, 6.07) is 11.6. The van der Waals surface area contributed by atoms with E-state index in [0.29, 0.717) is 0 Å². The maximum atomic E-state index is 2.42. The van der Waals surface area contributed by atoms with Crippen LogP contribution in [0.4, 0.5) is 0 Å². The van der Waals surface area contributed by atoms with Crippen LogP contribution in [0, 0.1) is 0 Å². The highest BCUT2D eigenvalue weighted by molar-refractivity contribution is 5.13. The zero-order valence-corrected chi connectivity index (χ0v) is 37.2. The maximum absolute atomic E-state index is 2.42. The first kappa shape index (κ1) is 50.2. The number of rotatable bonds is 44. The van der Waals surface area contributed by atoms with Gasteiger partial charge in [0.25, 0.3) is 0 Å². The van der Waals surface area contributed by atoms with E-state index in [1.54, 1.807) is 5.56 Å². The van der Waals surface area contributed by atoms with Crippen LogP contribution in [0.2, 0.25) is 0 Å². The van der Waals surface area contributed by atoms with Gasteiger partial charge in [0.1, 0.15) is 6.54 Å². The van der Waals surface area contributed by atoms with Crippen LogP contribution < -0.4 is 0 Å². The number of nitrogens with zero attached hydrogens (tertiary/aromatic N) is 1. The third-order valence-electron chi connectivity index (χ3n) is 12.6. The lowest BCUT2D eigenvalue weighted by molar-refractivity contribution is -0.941. The number of unbranched alkanes of at least 4 members (excludes halogenated alkanes) is 36. The van der Waals surface area contributed by atoms with Crippen molar-refractivity contribution >= 4 is 0 Å². The van der Waals surface area contributed by atoms with Crippen LogP contribution in [0.5, 0.6) is 0 Å². The van der Waals surface area contributed by atoms with Gasteiger partial charge in [0, 0.05) is 5.56 Å². The maximum Gasteiger partial charge on any atom is 0.104 e. The summed E-state index contributed by atoms with van der Waals surface area (Å²) in [6.45, 7) is 12.4. The lowest BCUT2D eigenvalue weighted by atomic mass is 10.0. The van der Waals surface area contributed by atoms with Gasteiger partial charge in [-0.1, -0.05) is 263 Å². The molecule has 0 radical (unpaired) electrons. The van der Waals surface area contributed by atoms with Crippen molar-refractivity contribution in [3.63, 3.8) is 0 Å². The minimum absolute atomic E-state index is 1.26. The van der Waals surface area contributed by atoms with Crippen LogP contribution in [0.3, 0.4) is 0 Å². The molecular weight excluding hydrogens is 639 g/mol. The highest BCUT2D eigenvalue weighted by Crippen LogP contribution is 2.23. The molecule has 0 saturated carbocycles. The monoisotopic (exact) mass is 739 g/mol. The van der Waals surface area contributed by atoms with E-state index >= 15 is 0 Å². The van der Waals surface area contributed by atoms with Crippen LogP contribution in [-0.2, 0) is 6.54 Å². The third-order valence-corrected chi connectivity index (χ3v) is 12.6. The largest absolute Gasteiger partial charge is 0.320 e. The Kier molecular flexibility index (Phi) is 38.7. The predicted octanol–water partition coefficient (Wildman–Crippen LogP) is 18.3. The topological polar surface area (TPSA) is 0 Å². The third kappa shape index (κ3) is 34.2. The summed E-state index contributed by atoms with van der Waals surface area (Å²) < 4.78 is 1.36. The molecule has 1 rings (SSSR count). The van der Waals surface area contributed by atoms with Crippen molar-refractivity contribution in [3.05, 3.63) is 35.9 Å². The molecule has 0 N–H and O–H groups in total. The molecule has 0 saturated heterocycles. The van der Waals surface area contributed by atoms with Crippen LogP contribution in [0.15, 0.2) is 30.3 Å². The fourth-order valence-electron chi connectivity index (χ4n) is 8.94. The predicted molar refractivity (Wildman–Crippen MR) is 242 cm³/mol. The average Bonchev–Trinajstić information content (AvgIpc) is 3.17. The van der Waals surface area contributed by atoms with Crippen molar-refractivity contribution in [2.24, 2.45) is 0 Å². The van der Waals surface area contributed by atoms with E-state index < -0.39 is 0 Å². The van der Waals surface area contributed by atoms with Crippen molar-refractivity contribution in [1.82, 2.24) is 0 Å². The first-order chi connectivity index (χ1) is 26.3. The summed E-state index contributed by atoms with van der Waals surface area (Å²) >= 11 is 0. The van der Waals surface area contributed by atoms with Crippen molar-refractivity contribution in [2.45, 2.75) is 278 Å². The lowest BCUT2D eigenvalue weighted by Gasteiger charge is -2.39. The van der Waals surface area contributed by atoms with Crippen molar-refractivity contribution in [3.8, 4) is 0 Å². The molecule has 0 bridgehead atoms. The molecule has 0 spiro atoms. The highest BCUT2D eigenvalue weighted by atomic mass is 15.3. The van der Waals surface area contributed by atoms with Gasteiger partial charge in [0.05, 0.1) is 19.6 Å². The summed E-state index contributed by atoms with van der Waals surface area (Å²) in [5, 5.41) is 0. The van der Waals surface area contributed by atoms with Crippen LogP contribution >= 0.6 is 0 Å². The van der Waals surface area contributed by atoms with Crippen molar-refractivity contribution in [2.75, 3.05) is 19.6 Å². The van der Waals surface area contributed by atoms with Crippen LogP contribution in [0.1, 0.15) is 277 Å². The smallest absolute Gasteiger partial charge is 0.104 e. The Hall–Kier alpha value is -0.820. The first-order valence-corrected chi connectivity index (χ1v) is 25.2. The second-order valence-corrected chi connectivity index (χ2v) is 17.9. The Bertz CT molecular complexity index is 727. The molecule has 312 valence electrons. The minimum Gasteiger partial charge on any atom is -0.320 e. The Morgan fingerprint density at radius 3 is 0.698 bits per heavy atom. The zero-order valence-electron chi connectivity index (χ0n) is 37.2. The molecule has 0 aliphatic heterocycles. The molecule has 1 heteroatoms. The number of hydrogen-bond donors (Lipinski definition) is 0. The Balaban J connectivity index is 2.51. The summed E-state index contributed by atoms with van der Waals surface area (Å²) in [5.41, 5.74) is 1.58. The van der Waals surface area contributed by atoms with Crippen LogP contribution in [0.25, 0.3) is 0 Å². The molecule has 0 fully saturated rings. The molecule has 0 aliphatic carbocycles. The van der Waals surface area contributed by atoms with E-state index in [1.165, 1.54) is 281 Å². The van der Waals surface area contributed by atoms with Gasteiger partial charge >= 0.3 is 0 Å². The molecule has 1 aromatic carbocycles. The summed E-state index contributed by atoms with van der Waals surface area (Å²) in [4.78, 5) is 0. The van der Waals surface area contributed by atoms with E-state index in [1.807, 2.05) is 0 Å². The van der Waals surface area contributed by atoms with E-state index in [4.69, 9.17) is 0 Å². The second kappa shape index (κ2) is 40.8.